The highest BCUT2D eigenvalue weighted by atomic mass is 16.5. The average Bonchev–Trinajstić information content (AvgIpc) is 3.09. The maximum Gasteiger partial charge on any atom is 0.257 e. The molecule has 2 atom stereocenters. The maximum absolute atomic E-state index is 13.0. The van der Waals surface area contributed by atoms with Gasteiger partial charge in [-0.3, -0.25) is 9.78 Å². The zero-order valence-electron chi connectivity index (χ0n) is 15.1. The summed E-state index contributed by atoms with van der Waals surface area (Å²) in [7, 11) is 1.79. The Morgan fingerprint density at radius 3 is 2.73 bits per heavy atom. The van der Waals surface area contributed by atoms with Gasteiger partial charge in [-0.25, -0.2) is 9.97 Å². The van der Waals surface area contributed by atoms with Gasteiger partial charge in [0.05, 0.1) is 11.7 Å². The fraction of sp³-hybridized carbons (Fsp3) is 0.500. The van der Waals surface area contributed by atoms with Crippen LogP contribution in [0, 0.1) is 5.41 Å². The number of hydrogen-bond acceptors (Lipinski definition) is 5. The molecule has 4 rings (SSSR count). The number of aromatic nitrogens is 3. The molecular formula is C20H24N4O2. The predicted octanol–water partition coefficient (Wildman–Crippen LogP) is 2.96. The summed E-state index contributed by atoms with van der Waals surface area (Å²) in [5, 5.41) is 0. The minimum Gasteiger partial charge on any atom is -0.381 e. The number of methoxy groups -OCH3 is 1. The largest absolute Gasteiger partial charge is 0.381 e. The molecule has 2 aliphatic rings. The number of carbonyl (C=O) groups excluding carboxylic acids is 1. The van der Waals surface area contributed by atoms with E-state index in [1.165, 1.54) is 6.42 Å². The van der Waals surface area contributed by atoms with Crippen LogP contribution in [0.2, 0.25) is 0 Å². The van der Waals surface area contributed by atoms with Crippen LogP contribution >= 0.6 is 0 Å². The molecule has 1 saturated heterocycles. The summed E-state index contributed by atoms with van der Waals surface area (Å²) >= 11 is 0. The molecule has 6 heteroatoms. The molecule has 1 amide bonds. The number of pyridine rings is 1. The highest BCUT2D eigenvalue weighted by molar-refractivity contribution is 5.93. The smallest absolute Gasteiger partial charge is 0.257 e. The van der Waals surface area contributed by atoms with E-state index in [0.29, 0.717) is 17.1 Å². The fourth-order valence-electron chi connectivity index (χ4n) is 4.52. The number of ether oxygens (including phenoxy) is 1. The molecule has 2 aromatic rings. The van der Waals surface area contributed by atoms with E-state index in [9.17, 15) is 4.79 Å². The molecule has 0 aromatic carbocycles. The Balaban J connectivity index is 1.50. The summed E-state index contributed by atoms with van der Waals surface area (Å²) in [5.74, 6) is 0.547. The van der Waals surface area contributed by atoms with Gasteiger partial charge in [0, 0.05) is 44.2 Å². The molecule has 2 fully saturated rings. The number of likely N-dealkylation sites (tertiary alicyclic amines) is 1. The first-order valence-corrected chi connectivity index (χ1v) is 9.27. The second kappa shape index (κ2) is 7.11. The minimum absolute atomic E-state index is 0.0124. The van der Waals surface area contributed by atoms with Crippen molar-refractivity contribution in [2.75, 3.05) is 20.2 Å². The lowest BCUT2D eigenvalue weighted by Gasteiger charge is -2.43. The van der Waals surface area contributed by atoms with Crippen LogP contribution in [0.15, 0.2) is 36.8 Å². The first-order valence-electron chi connectivity index (χ1n) is 9.27. The van der Waals surface area contributed by atoms with Crippen molar-refractivity contribution in [1.82, 2.24) is 19.9 Å². The number of amides is 1. The summed E-state index contributed by atoms with van der Waals surface area (Å²) in [6.45, 7) is 1.56. The topological polar surface area (TPSA) is 68.2 Å². The van der Waals surface area contributed by atoms with Crippen molar-refractivity contribution in [2.24, 2.45) is 5.41 Å². The summed E-state index contributed by atoms with van der Waals surface area (Å²) in [5.41, 5.74) is 1.36. The standard InChI is InChI=1S/C20H24N4O2/c1-26-17-7-4-8-20(17)9-5-11-24(14-20)19(25)15-12-22-18(23-13-15)16-6-2-3-10-21-16/h2-3,6,10,12-13,17H,4-5,7-9,11,14H2,1H3/t17-,20-/m1/s1. The first kappa shape index (κ1) is 17.1. The van der Waals surface area contributed by atoms with E-state index in [-0.39, 0.29) is 17.4 Å². The summed E-state index contributed by atoms with van der Waals surface area (Å²) in [6, 6.07) is 5.60. The number of piperidine rings is 1. The van der Waals surface area contributed by atoms with Crippen molar-refractivity contribution >= 4 is 5.91 Å². The Morgan fingerprint density at radius 2 is 2.00 bits per heavy atom. The monoisotopic (exact) mass is 352 g/mol. The molecule has 6 nitrogen and oxygen atoms in total. The Hall–Kier alpha value is -2.34. The molecule has 3 heterocycles. The molecule has 0 bridgehead atoms. The molecule has 0 N–H and O–H groups in total. The van der Waals surface area contributed by atoms with Crippen LogP contribution in [-0.4, -0.2) is 52.1 Å². The molecule has 1 aliphatic carbocycles. The molecule has 1 spiro atoms. The third kappa shape index (κ3) is 3.09. The summed E-state index contributed by atoms with van der Waals surface area (Å²) in [6.07, 6.45) is 10.8. The van der Waals surface area contributed by atoms with Crippen LogP contribution in [0.1, 0.15) is 42.5 Å². The predicted molar refractivity (Wildman–Crippen MR) is 97.5 cm³/mol. The fourth-order valence-corrected chi connectivity index (χ4v) is 4.52. The van der Waals surface area contributed by atoms with E-state index in [0.717, 1.165) is 38.8 Å². The molecule has 136 valence electrons. The van der Waals surface area contributed by atoms with Gasteiger partial charge in [-0.1, -0.05) is 12.5 Å². The van der Waals surface area contributed by atoms with Gasteiger partial charge in [0.1, 0.15) is 5.69 Å². The van der Waals surface area contributed by atoms with E-state index < -0.39 is 0 Å². The SMILES string of the molecule is CO[C@@H]1CCC[C@]12CCCN(C(=O)c1cnc(-c3ccccn3)nc1)C2. The average molecular weight is 352 g/mol. The zero-order chi connectivity index (χ0) is 18.0. The summed E-state index contributed by atoms with van der Waals surface area (Å²) < 4.78 is 5.73. The van der Waals surface area contributed by atoms with Crippen LogP contribution in [0.3, 0.4) is 0 Å². The van der Waals surface area contributed by atoms with Gasteiger partial charge in [0.2, 0.25) is 0 Å². The minimum atomic E-state index is 0.0124. The van der Waals surface area contributed by atoms with Gasteiger partial charge in [0.25, 0.3) is 5.91 Å². The van der Waals surface area contributed by atoms with Crippen LogP contribution < -0.4 is 0 Å². The van der Waals surface area contributed by atoms with Crippen molar-refractivity contribution in [1.29, 1.82) is 0 Å². The molecule has 1 aliphatic heterocycles. The molecule has 0 unspecified atom stereocenters. The molecule has 2 aromatic heterocycles. The van der Waals surface area contributed by atoms with E-state index in [1.807, 2.05) is 23.1 Å². The second-order valence-electron chi connectivity index (χ2n) is 7.32. The molecular weight excluding hydrogens is 328 g/mol. The van der Waals surface area contributed by atoms with E-state index in [1.54, 1.807) is 25.7 Å². The lowest BCUT2D eigenvalue weighted by atomic mass is 9.76. The Labute approximate surface area is 153 Å². The van der Waals surface area contributed by atoms with E-state index in [4.69, 9.17) is 4.74 Å². The first-order chi connectivity index (χ1) is 12.7. The molecule has 26 heavy (non-hydrogen) atoms. The quantitative estimate of drug-likeness (QED) is 0.849. The summed E-state index contributed by atoms with van der Waals surface area (Å²) in [4.78, 5) is 27.9. The van der Waals surface area contributed by atoms with Crippen molar-refractivity contribution in [3.05, 3.63) is 42.4 Å². The van der Waals surface area contributed by atoms with Crippen molar-refractivity contribution in [3.63, 3.8) is 0 Å². The highest BCUT2D eigenvalue weighted by Gasteiger charge is 2.46. The maximum atomic E-state index is 13.0. The Kier molecular flexibility index (Phi) is 4.68. The van der Waals surface area contributed by atoms with Gasteiger partial charge in [-0.15, -0.1) is 0 Å². The van der Waals surface area contributed by atoms with Crippen LogP contribution in [-0.2, 0) is 4.74 Å². The van der Waals surface area contributed by atoms with E-state index in [2.05, 4.69) is 15.0 Å². The van der Waals surface area contributed by atoms with Gasteiger partial charge < -0.3 is 9.64 Å². The van der Waals surface area contributed by atoms with Crippen molar-refractivity contribution in [2.45, 2.75) is 38.2 Å². The lowest BCUT2D eigenvalue weighted by molar-refractivity contribution is -0.0295. The normalized spacial score (nSPS) is 25.6. The third-order valence-electron chi connectivity index (χ3n) is 5.80. The Morgan fingerprint density at radius 1 is 1.19 bits per heavy atom. The lowest BCUT2D eigenvalue weighted by Crippen LogP contribution is -2.49. The Bertz CT molecular complexity index is 765. The number of hydrogen-bond donors (Lipinski definition) is 0. The number of nitrogens with zero attached hydrogens (tertiary/aromatic N) is 4. The van der Waals surface area contributed by atoms with Crippen LogP contribution in [0.5, 0.6) is 0 Å². The van der Waals surface area contributed by atoms with Gasteiger partial charge >= 0.3 is 0 Å². The van der Waals surface area contributed by atoms with Gasteiger partial charge in [-0.05, 0) is 37.8 Å². The molecule has 1 saturated carbocycles. The number of carbonyl (C=O) groups is 1. The third-order valence-corrected chi connectivity index (χ3v) is 5.80. The van der Waals surface area contributed by atoms with Gasteiger partial charge in [0.15, 0.2) is 5.82 Å². The second-order valence-corrected chi connectivity index (χ2v) is 7.32. The van der Waals surface area contributed by atoms with Crippen molar-refractivity contribution in [3.8, 4) is 11.5 Å². The van der Waals surface area contributed by atoms with Crippen LogP contribution in [0.25, 0.3) is 11.5 Å². The van der Waals surface area contributed by atoms with Crippen molar-refractivity contribution < 1.29 is 9.53 Å². The number of rotatable bonds is 3. The van der Waals surface area contributed by atoms with E-state index >= 15 is 0 Å². The highest BCUT2D eigenvalue weighted by Crippen LogP contribution is 2.46. The molecule has 0 radical (unpaired) electrons. The zero-order valence-corrected chi connectivity index (χ0v) is 15.1. The van der Waals surface area contributed by atoms with Gasteiger partial charge in [-0.2, -0.15) is 0 Å². The van der Waals surface area contributed by atoms with Crippen LogP contribution in [0.4, 0.5) is 0 Å².